The van der Waals surface area contributed by atoms with Crippen LogP contribution in [-0.2, 0) is 0 Å². The molecule has 3 nitrogen and oxygen atoms in total. The van der Waals surface area contributed by atoms with E-state index in [4.69, 9.17) is 4.42 Å². The average molecular weight is 222 g/mol. The van der Waals surface area contributed by atoms with Crippen molar-refractivity contribution in [2.45, 2.75) is 32.4 Å². The van der Waals surface area contributed by atoms with Gasteiger partial charge in [-0.3, -0.25) is 4.90 Å². The fraction of sp³-hybridized carbons (Fsp3) is 0.692. The molecule has 90 valence electrons. The normalized spacial score (nSPS) is 26.8. The van der Waals surface area contributed by atoms with E-state index < -0.39 is 0 Å². The van der Waals surface area contributed by atoms with Gasteiger partial charge in [-0.25, -0.2) is 0 Å². The van der Waals surface area contributed by atoms with Crippen LogP contribution in [0, 0.1) is 5.92 Å². The van der Waals surface area contributed by atoms with Gasteiger partial charge in [-0.15, -0.1) is 0 Å². The van der Waals surface area contributed by atoms with Crippen molar-refractivity contribution in [1.82, 2.24) is 10.2 Å². The fourth-order valence-corrected chi connectivity index (χ4v) is 2.54. The van der Waals surface area contributed by atoms with Gasteiger partial charge in [-0.2, -0.15) is 0 Å². The van der Waals surface area contributed by atoms with E-state index in [9.17, 15) is 0 Å². The lowest BCUT2D eigenvalue weighted by Crippen LogP contribution is -2.32. The van der Waals surface area contributed by atoms with Crippen molar-refractivity contribution >= 4 is 0 Å². The van der Waals surface area contributed by atoms with Crippen LogP contribution < -0.4 is 5.32 Å². The Balaban J connectivity index is 2.02. The lowest BCUT2D eigenvalue weighted by molar-refractivity contribution is 0.232. The van der Waals surface area contributed by atoms with E-state index in [-0.39, 0.29) is 0 Å². The van der Waals surface area contributed by atoms with Crippen LogP contribution in [0.25, 0.3) is 0 Å². The first kappa shape index (κ1) is 11.7. The Morgan fingerprint density at radius 3 is 3.00 bits per heavy atom. The van der Waals surface area contributed by atoms with Gasteiger partial charge in [0.25, 0.3) is 0 Å². The maximum Gasteiger partial charge on any atom is 0.121 e. The predicted octanol–water partition coefficient (Wildman–Crippen LogP) is 2.27. The SMILES string of the molecule is CC(C)NCC1CCN(C)C1c1ccco1. The van der Waals surface area contributed by atoms with Gasteiger partial charge in [0.1, 0.15) is 5.76 Å². The summed E-state index contributed by atoms with van der Waals surface area (Å²) in [6.07, 6.45) is 3.02. The number of hydrogen-bond donors (Lipinski definition) is 1. The minimum Gasteiger partial charge on any atom is -0.468 e. The van der Waals surface area contributed by atoms with Gasteiger partial charge >= 0.3 is 0 Å². The molecule has 1 aromatic heterocycles. The van der Waals surface area contributed by atoms with E-state index in [1.54, 1.807) is 6.26 Å². The molecule has 0 bridgehead atoms. The Hall–Kier alpha value is -0.800. The van der Waals surface area contributed by atoms with Gasteiger partial charge < -0.3 is 9.73 Å². The first-order valence-corrected chi connectivity index (χ1v) is 6.15. The van der Waals surface area contributed by atoms with Crippen LogP contribution in [-0.4, -0.2) is 31.1 Å². The van der Waals surface area contributed by atoms with Crippen molar-refractivity contribution in [3.05, 3.63) is 24.2 Å². The molecule has 2 atom stereocenters. The van der Waals surface area contributed by atoms with Crippen molar-refractivity contribution in [3.63, 3.8) is 0 Å². The molecule has 0 aromatic carbocycles. The molecule has 1 saturated heterocycles. The van der Waals surface area contributed by atoms with Crippen molar-refractivity contribution in [2.24, 2.45) is 5.92 Å². The molecule has 1 aliphatic rings. The van der Waals surface area contributed by atoms with Crippen LogP contribution in [0.5, 0.6) is 0 Å². The third-order valence-corrected chi connectivity index (χ3v) is 3.40. The second-order valence-corrected chi connectivity index (χ2v) is 5.05. The summed E-state index contributed by atoms with van der Waals surface area (Å²) in [4.78, 5) is 2.39. The summed E-state index contributed by atoms with van der Waals surface area (Å²) in [5.41, 5.74) is 0. The molecule has 2 rings (SSSR count). The van der Waals surface area contributed by atoms with Gasteiger partial charge in [0.05, 0.1) is 12.3 Å². The number of nitrogens with zero attached hydrogens (tertiary/aromatic N) is 1. The van der Waals surface area contributed by atoms with Crippen molar-refractivity contribution < 1.29 is 4.42 Å². The zero-order valence-corrected chi connectivity index (χ0v) is 10.4. The average Bonchev–Trinajstić information content (AvgIpc) is 2.83. The zero-order valence-electron chi connectivity index (χ0n) is 10.4. The van der Waals surface area contributed by atoms with Gasteiger partial charge in [-0.05, 0) is 38.1 Å². The van der Waals surface area contributed by atoms with Crippen LogP contribution in [0.4, 0.5) is 0 Å². The Morgan fingerprint density at radius 2 is 2.38 bits per heavy atom. The molecule has 0 radical (unpaired) electrons. The van der Waals surface area contributed by atoms with E-state index in [0.29, 0.717) is 18.0 Å². The smallest absolute Gasteiger partial charge is 0.121 e. The highest BCUT2D eigenvalue weighted by molar-refractivity contribution is 5.08. The molecule has 1 fully saturated rings. The van der Waals surface area contributed by atoms with E-state index in [1.807, 2.05) is 6.07 Å². The quantitative estimate of drug-likeness (QED) is 0.847. The molecule has 3 heteroatoms. The van der Waals surface area contributed by atoms with Crippen molar-refractivity contribution in [1.29, 1.82) is 0 Å². The number of hydrogen-bond acceptors (Lipinski definition) is 3. The second-order valence-electron chi connectivity index (χ2n) is 5.05. The molecule has 1 N–H and O–H groups in total. The van der Waals surface area contributed by atoms with Crippen LogP contribution in [0.2, 0.25) is 0 Å². The van der Waals surface area contributed by atoms with Gasteiger partial charge in [0, 0.05) is 12.6 Å². The van der Waals surface area contributed by atoms with Crippen LogP contribution in [0.3, 0.4) is 0 Å². The summed E-state index contributed by atoms with van der Waals surface area (Å²) in [5, 5.41) is 3.53. The van der Waals surface area contributed by atoms with Gasteiger partial charge in [-0.1, -0.05) is 13.8 Å². The Bertz CT molecular complexity index is 308. The lowest BCUT2D eigenvalue weighted by Gasteiger charge is -2.24. The van der Waals surface area contributed by atoms with Crippen LogP contribution >= 0.6 is 0 Å². The largest absolute Gasteiger partial charge is 0.468 e. The summed E-state index contributed by atoms with van der Waals surface area (Å²) in [7, 11) is 2.18. The van der Waals surface area contributed by atoms with E-state index in [2.05, 4.69) is 37.2 Å². The van der Waals surface area contributed by atoms with E-state index in [0.717, 1.165) is 18.8 Å². The molecule has 0 aliphatic carbocycles. The highest BCUT2D eigenvalue weighted by Gasteiger charge is 2.34. The molecule has 1 aliphatic heterocycles. The maximum atomic E-state index is 5.56. The van der Waals surface area contributed by atoms with E-state index >= 15 is 0 Å². The fourth-order valence-electron chi connectivity index (χ4n) is 2.54. The van der Waals surface area contributed by atoms with Crippen molar-refractivity contribution in [3.8, 4) is 0 Å². The van der Waals surface area contributed by atoms with Crippen molar-refractivity contribution in [2.75, 3.05) is 20.1 Å². The summed E-state index contributed by atoms with van der Waals surface area (Å²) in [6, 6.07) is 5.08. The molecule has 16 heavy (non-hydrogen) atoms. The lowest BCUT2D eigenvalue weighted by atomic mass is 9.98. The summed E-state index contributed by atoms with van der Waals surface area (Å²) in [5.74, 6) is 1.77. The molecule has 0 saturated carbocycles. The maximum absolute atomic E-state index is 5.56. The Morgan fingerprint density at radius 1 is 1.56 bits per heavy atom. The predicted molar refractivity (Wildman–Crippen MR) is 65.3 cm³/mol. The molecular formula is C13H22N2O. The Labute approximate surface area is 97.8 Å². The highest BCUT2D eigenvalue weighted by Crippen LogP contribution is 2.35. The number of furan rings is 1. The van der Waals surface area contributed by atoms with Crippen LogP contribution in [0.1, 0.15) is 32.1 Å². The second kappa shape index (κ2) is 5.02. The van der Waals surface area contributed by atoms with E-state index in [1.165, 1.54) is 6.42 Å². The number of likely N-dealkylation sites (tertiary alicyclic amines) is 1. The molecule has 2 unspecified atom stereocenters. The van der Waals surface area contributed by atoms with Crippen LogP contribution in [0.15, 0.2) is 22.8 Å². The molecule has 2 heterocycles. The monoisotopic (exact) mass is 222 g/mol. The third-order valence-electron chi connectivity index (χ3n) is 3.40. The summed E-state index contributed by atoms with van der Waals surface area (Å²) >= 11 is 0. The molecule has 1 aromatic rings. The topological polar surface area (TPSA) is 28.4 Å². The Kier molecular flexibility index (Phi) is 3.66. The zero-order chi connectivity index (χ0) is 11.5. The minimum atomic E-state index is 0.446. The van der Waals surface area contributed by atoms with Gasteiger partial charge in [0.2, 0.25) is 0 Å². The first-order chi connectivity index (χ1) is 7.68. The minimum absolute atomic E-state index is 0.446. The van der Waals surface area contributed by atoms with Gasteiger partial charge in [0.15, 0.2) is 0 Å². The number of nitrogens with one attached hydrogen (secondary N) is 1. The molecule has 0 spiro atoms. The summed E-state index contributed by atoms with van der Waals surface area (Å²) in [6.45, 7) is 6.63. The first-order valence-electron chi connectivity index (χ1n) is 6.15. The molecular weight excluding hydrogens is 200 g/mol. The summed E-state index contributed by atoms with van der Waals surface area (Å²) < 4.78 is 5.56. The standard InChI is InChI=1S/C13H22N2O/c1-10(2)14-9-11-6-7-15(3)13(11)12-5-4-8-16-12/h4-5,8,10-11,13-14H,6-7,9H2,1-3H3. The number of rotatable bonds is 4. The highest BCUT2D eigenvalue weighted by atomic mass is 16.3. The third kappa shape index (κ3) is 2.47. The molecule has 0 amide bonds.